The predicted molar refractivity (Wildman–Crippen MR) is 61.3 cm³/mol. The molecule has 106 valence electrons. The van der Waals surface area contributed by atoms with Crippen molar-refractivity contribution in [1.29, 1.82) is 0 Å². The highest BCUT2D eigenvalue weighted by atomic mass is 19.4. The first-order chi connectivity index (χ1) is 8.97. The molecule has 1 saturated heterocycles. The van der Waals surface area contributed by atoms with Gasteiger partial charge in [0.2, 0.25) is 5.91 Å². The van der Waals surface area contributed by atoms with E-state index in [-0.39, 0.29) is 25.0 Å². The Bertz CT molecular complexity index is 437. The molecule has 1 aliphatic heterocycles. The van der Waals surface area contributed by atoms with Crippen LogP contribution >= 0.6 is 0 Å². The van der Waals surface area contributed by atoms with Gasteiger partial charge < -0.3 is 10.6 Å². The van der Waals surface area contributed by atoms with Crippen LogP contribution in [0.5, 0.6) is 0 Å². The molecule has 19 heavy (non-hydrogen) atoms. The molecule has 1 aliphatic rings. The third-order valence-corrected chi connectivity index (χ3v) is 2.95. The van der Waals surface area contributed by atoms with E-state index in [1.807, 2.05) is 0 Å². The van der Waals surface area contributed by atoms with Gasteiger partial charge in [-0.15, -0.1) is 0 Å². The van der Waals surface area contributed by atoms with Gasteiger partial charge in [-0.3, -0.25) is 9.48 Å². The number of nitrogens with zero attached hydrogens (tertiary/aromatic N) is 2. The molecule has 0 unspecified atom stereocenters. The van der Waals surface area contributed by atoms with Gasteiger partial charge >= 0.3 is 6.18 Å². The molecule has 1 amide bonds. The third kappa shape index (κ3) is 3.69. The molecule has 1 aromatic rings. The summed E-state index contributed by atoms with van der Waals surface area (Å²) in [7, 11) is 0. The maximum absolute atomic E-state index is 12.3. The maximum atomic E-state index is 12.3. The monoisotopic (exact) mass is 276 g/mol. The van der Waals surface area contributed by atoms with Gasteiger partial charge in [-0.05, 0) is 25.5 Å². The zero-order chi connectivity index (χ0) is 13.9. The predicted octanol–water partition coefficient (Wildman–Crippen LogP) is 0.770. The summed E-state index contributed by atoms with van der Waals surface area (Å²) < 4.78 is 38.1. The molecule has 8 heteroatoms. The van der Waals surface area contributed by atoms with E-state index in [0.29, 0.717) is 0 Å². The fourth-order valence-electron chi connectivity index (χ4n) is 1.96. The van der Waals surface area contributed by atoms with E-state index in [1.165, 1.54) is 10.9 Å². The van der Waals surface area contributed by atoms with E-state index < -0.39 is 11.9 Å². The first-order valence-electron chi connectivity index (χ1n) is 6.08. The minimum Gasteiger partial charge on any atom is -0.353 e. The molecule has 0 aromatic carbocycles. The van der Waals surface area contributed by atoms with Crippen LogP contribution in [0.15, 0.2) is 12.3 Å². The summed E-state index contributed by atoms with van der Waals surface area (Å²) in [5.41, 5.74) is -0.920. The Morgan fingerprint density at radius 2 is 2.37 bits per heavy atom. The van der Waals surface area contributed by atoms with Gasteiger partial charge in [-0.2, -0.15) is 18.3 Å². The number of carbonyl (C=O) groups is 1. The number of amides is 1. The standard InChI is InChI=1S/C11H15F3N4O/c12-11(13,14)9-3-6-18(17-9)7-5-16-10(19)8-2-1-4-15-8/h3,6,8,15H,1-2,4-5,7H2,(H,16,19)/t8-/m1/s1. The highest BCUT2D eigenvalue weighted by molar-refractivity contribution is 5.81. The van der Waals surface area contributed by atoms with E-state index in [1.54, 1.807) is 0 Å². The van der Waals surface area contributed by atoms with Crippen molar-refractivity contribution >= 4 is 5.91 Å². The lowest BCUT2D eigenvalue weighted by molar-refractivity contribution is -0.141. The lowest BCUT2D eigenvalue weighted by atomic mass is 10.2. The lowest BCUT2D eigenvalue weighted by Crippen LogP contribution is -2.41. The third-order valence-electron chi connectivity index (χ3n) is 2.95. The van der Waals surface area contributed by atoms with Crippen LogP contribution in [0.1, 0.15) is 18.5 Å². The average molecular weight is 276 g/mol. The number of halogens is 3. The first-order valence-corrected chi connectivity index (χ1v) is 6.08. The highest BCUT2D eigenvalue weighted by Crippen LogP contribution is 2.27. The maximum Gasteiger partial charge on any atom is 0.435 e. The average Bonchev–Trinajstić information content (AvgIpc) is 2.99. The Balaban J connectivity index is 1.76. The molecule has 2 rings (SSSR count). The SMILES string of the molecule is O=C(NCCn1ccc(C(F)(F)F)n1)[C@H]1CCCN1. The quantitative estimate of drug-likeness (QED) is 0.854. The molecule has 0 radical (unpaired) electrons. The van der Waals surface area contributed by atoms with Crippen LogP contribution in [0.4, 0.5) is 13.2 Å². The Labute approximate surface area is 108 Å². The topological polar surface area (TPSA) is 59.0 Å². The van der Waals surface area contributed by atoms with Crippen LogP contribution in [0.25, 0.3) is 0 Å². The molecule has 2 heterocycles. The number of aromatic nitrogens is 2. The molecule has 1 atom stereocenters. The molecule has 5 nitrogen and oxygen atoms in total. The summed E-state index contributed by atoms with van der Waals surface area (Å²) in [4.78, 5) is 11.6. The number of hydrogen-bond acceptors (Lipinski definition) is 3. The van der Waals surface area contributed by atoms with Crippen molar-refractivity contribution in [2.45, 2.75) is 31.6 Å². The van der Waals surface area contributed by atoms with Gasteiger partial charge in [0.25, 0.3) is 0 Å². The smallest absolute Gasteiger partial charge is 0.353 e. The number of alkyl halides is 3. The van der Waals surface area contributed by atoms with Crippen molar-refractivity contribution in [3.8, 4) is 0 Å². The number of carbonyl (C=O) groups excluding carboxylic acids is 1. The number of nitrogens with one attached hydrogen (secondary N) is 2. The Morgan fingerprint density at radius 3 is 2.95 bits per heavy atom. The molecular weight excluding hydrogens is 261 g/mol. The Kier molecular flexibility index (Phi) is 4.08. The fourth-order valence-corrected chi connectivity index (χ4v) is 1.96. The minimum atomic E-state index is -4.43. The van der Waals surface area contributed by atoms with E-state index >= 15 is 0 Å². The molecule has 0 spiro atoms. The van der Waals surface area contributed by atoms with Crippen LogP contribution in [0.2, 0.25) is 0 Å². The van der Waals surface area contributed by atoms with Gasteiger partial charge in [0.1, 0.15) is 0 Å². The van der Waals surface area contributed by atoms with Crippen molar-refractivity contribution in [2.24, 2.45) is 0 Å². The molecule has 0 aliphatic carbocycles. The Hall–Kier alpha value is -1.57. The Morgan fingerprint density at radius 1 is 1.58 bits per heavy atom. The summed E-state index contributed by atoms with van der Waals surface area (Å²) in [5.74, 6) is -0.110. The summed E-state index contributed by atoms with van der Waals surface area (Å²) in [5, 5.41) is 9.12. The van der Waals surface area contributed by atoms with E-state index in [0.717, 1.165) is 25.5 Å². The van der Waals surface area contributed by atoms with Crippen LogP contribution in [0.3, 0.4) is 0 Å². The van der Waals surface area contributed by atoms with Crippen LogP contribution in [-0.4, -0.2) is 34.8 Å². The van der Waals surface area contributed by atoms with Crippen molar-refractivity contribution in [2.75, 3.05) is 13.1 Å². The lowest BCUT2D eigenvalue weighted by Gasteiger charge is -2.10. The molecule has 0 saturated carbocycles. The van der Waals surface area contributed by atoms with Crippen molar-refractivity contribution in [3.63, 3.8) is 0 Å². The summed E-state index contributed by atoms with van der Waals surface area (Å²) in [6, 6.07) is 0.740. The molecule has 2 N–H and O–H groups in total. The van der Waals surface area contributed by atoms with Gasteiger partial charge in [-0.1, -0.05) is 0 Å². The number of hydrogen-bond donors (Lipinski definition) is 2. The van der Waals surface area contributed by atoms with Gasteiger partial charge in [0.05, 0.1) is 12.6 Å². The van der Waals surface area contributed by atoms with E-state index in [4.69, 9.17) is 0 Å². The van der Waals surface area contributed by atoms with Gasteiger partial charge in [0.15, 0.2) is 5.69 Å². The molecular formula is C11H15F3N4O. The van der Waals surface area contributed by atoms with Crippen molar-refractivity contribution in [1.82, 2.24) is 20.4 Å². The molecule has 1 aromatic heterocycles. The summed E-state index contributed by atoms with van der Waals surface area (Å²) in [6.07, 6.45) is -1.41. The number of rotatable bonds is 4. The highest BCUT2D eigenvalue weighted by Gasteiger charge is 2.33. The second-order valence-electron chi connectivity index (χ2n) is 4.40. The minimum absolute atomic E-state index is 0.110. The van der Waals surface area contributed by atoms with E-state index in [9.17, 15) is 18.0 Å². The van der Waals surface area contributed by atoms with Gasteiger partial charge in [-0.25, -0.2) is 0 Å². The van der Waals surface area contributed by atoms with Gasteiger partial charge in [0, 0.05) is 12.7 Å². The van der Waals surface area contributed by atoms with Crippen molar-refractivity contribution < 1.29 is 18.0 Å². The summed E-state index contributed by atoms with van der Waals surface area (Å²) >= 11 is 0. The summed E-state index contributed by atoms with van der Waals surface area (Å²) in [6.45, 7) is 1.30. The second-order valence-corrected chi connectivity index (χ2v) is 4.40. The fraction of sp³-hybridized carbons (Fsp3) is 0.636. The van der Waals surface area contributed by atoms with Crippen LogP contribution in [-0.2, 0) is 17.5 Å². The molecule has 0 bridgehead atoms. The zero-order valence-corrected chi connectivity index (χ0v) is 10.2. The zero-order valence-electron chi connectivity index (χ0n) is 10.2. The van der Waals surface area contributed by atoms with E-state index in [2.05, 4.69) is 15.7 Å². The van der Waals surface area contributed by atoms with Crippen LogP contribution in [0, 0.1) is 0 Å². The first kappa shape index (κ1) is 13.9. The molecule has 1 fully saturated rings. The second kappa shape index (κ2) is 5.60. The normalized spacial score (nSPS) is 19.6. The largest absolute Gasteiger partial charge is 0.435 e. The van der Waals surface area contributed by atoms with Crippen LogP contribution < -0.4 is 10.6 Å². The van der Waals surface area contributed by atoms with Crippen molar-refractivity contribution in [3.05, 3.63) is 18.0 Å².